The van der Waals surface area contributed by atoms with E-state index >= 15 is 0 Å². The van der Waals surface area contributed by atoms with Crippen molar-refractivity contribution in [1.29, 1.82) is 0 Å². The molecule has 0 radical (unpaired) electrons. The first-order valence-corrected chi connectivity index (χ1v) is 8.79. The number of esters is 1. The fourth-order valence-corrected chi connectivity index (χ4v) is 3.13. The van der Waals surface area contributed by atoms with Gasteiger partial charge in [-0.15, -0.1) is 0 Å². The smallest absolute Gasteiger partial charge is 0.436 e. The lowest BCUT2D eigenvalue weighted by molar-refractivity contribution is -0.141. The number of carbonyl (C=O) groups excluding carboxylic acids is 2. The van der Waals surface area contributed by atoms with Crippen LogP contribution in [0, 0.1) is 0 Å². The Morgan fingerprint density at radius 1 is 1.27 bits per heavy atom. The number of halogens is 4. The Hall–Kier alpha value is -3.34. The van der Waals surface area contributed by atoms with Crippen LogP contribution in [0.25, 0.3) is 0 Å². The van der Waals surface area contributed by atoms with E-state index in [1.165, 1.54) is 31.2 Å². The van der Waals surface area contributed by atoms with Gasteiger partial charge in [0.1, 0.15) is 10.7 Å². The summed E-state index contributed by atoms with van der Waals surface area (Å²) in [5, 5.41) is 9.00. The van der Waals surface area contributed by atoms with Crippen LogP contribution in [-0.2, 0) is 24.5 Å². The van der Waals surface area contributed by atoms with Gasteiger partial charge in [-0.25, -0.2) is 4.79 Å². The quantitative estimate of drug-likeness (QED) is 0.613. The normalized spacial score (nSPS) is 11.4. The average molecular weight is 442 g/mol. The minimum Gasteiger partial charge on any atom is -0.465 e. The number of methoxy groups -OCH3 is 1. The van der Waals surface area contributed by atoms with Crippen molar-refractivity contribution in [3.63, 3.8) is 0 Å². The Morgan fingerprint density at radius 3 is 2.60 bits per heavy atom. The van der Waals surface area contributed by atoms with Crippen molar-refractivity contribution in [3.8, 4) is 0 Å². The number of carbonyl (C=O) groups is 2. The molecule has 0 saturated carbocycles. The van der Waals surface area contributed by atoms with Crippen LogP contribution in [0.15, 0.2) is 36.7 Å². The molecule has 0 saturated heterocycles. The highest BCUT2D eigenvalue weighted by Gasteiger charge is 2.39. The van der Waals surface area contributed by atoms with E-state index in [-0.39, 0.29) is 12.2 Å². The van der Waals surface area contributed by atoms with Crippen LogP contribution in [-0.4, -0.2) is 38.5 Å². The summed E-state index contributed by atoms with van der Waals surface area (Å²) in [5.41, 5.74) is -0.557. The maximum Gasteiger partial charge on any atom is 0.436 e. The Bertz CT molecular complexity index is 1110. The lowest BCUT2D eigenvalue weighted by Gasteiger charge is -2.07. The lowest BCUT2D eigenvalue weighted by atomic mass is 10.1. The van der Waals surface area contributed by atoms with Crippen molar-refractivity contribution >= 4 is 29.2 Å². The van der Waals surface area contributed by atoms with Gasteiger partial charge in [0.15, 0.2) is 5.69 Å². The molecule has 0 fully saturated rings. The summed E-state index contributed by atoms with van der Waals surface area (Å²) in [6, 6.07) is 6.77. The van der Waals surface area contributed by atoms with E-state index < -0.39 is 34.5 Å². The second-order valence-corrected chi connectivity index (χ2v) is 6.54. The molecule has 2 heterocycles. The third kappa shape index (κ3) is 4.30. The number of nitrogens with zero attached hydrogens (tertiary/aromatic N) is 4. The number of alkyl halides is 3. The van der Waals surface area contributed by atoms with Crippen molar-refractivity contribution < 1.29 is 27.5 Å². The fourth-order valence-electron chi connectivity index (χ4n) is 2.77. The van der Waals surface area contributed by atoms with Gasteiger partial charge in [0.25, 0.3) is 5.91 Å². The van der Waals surface area contributed by atoms with Gasteiger partial charge in [0, 0.05) is 13.2 Å². The molecule has 0 bridgehead atoms. The molecule has 3 aromatic rings. The van der Waals surface area contributed by atoms with E-state index in [1.807, 2.05) is 0 Å². The Morgan fingerprint density at radius 2 is 1.97 bits per heavy atom. The number of hydrogen-bond donors (Lipinski definition) is 1. The molecule has 0 aliphatic heterocycles. The number of benzene rings is 1. The third-order valence-corrected chi connectivity index (χ3v) is 4.48. The van der Waals surface area contributed by atoms with Crippen molar-refractivity contribution in [2.45, 2.75) is 12.7 Å². The first-order chi connectivity index (χ1) is 14.1. The van der Waals surface area contributed by atoms with Crippen LogP contribution in [0.4, 0.5) is 18.9 Å². The zero-order chi connectivity index (χ0) is 22.1. The number of aromatic nitrogens is 4. The maximum atomic E-state index is 12.9. The molecule has 158 valence electrons. The molecule has 30 heavy (non-hydrogen) atoms. The predicted octanol–water partition coefficient (Wildman–Crippen LogP) is 3.38. The van der Waals surface area contributed by atoms with E-state index in [9.17, 15) is 22.8 Å². The summed E-state index contributed by atoms with van der Waals surface area (Å²) in [7, 11) is 2.46. The first-order valence-electron chi connectivity index (χ1n) is 8.41. The summed E-state index contributed by atoms with van der Waals surface area (Å²) in [4.78, 5) is 24.3. The van der Waals surface area contributed by atoms with Gasteiger partial charge in [-0.3, -0.25) is 14.2 Å². The van der Waals surface area contributed by atoms with E-state index in [4.69, 9.17) is 16.3 Å². The second kappa shape index (κ2) is 8.19. The highest BCUT2D eigenvalue weighted by atomic mass is 35.5. The summed E-state index contributed by atoms with van der Waals surface area (Å²) >= 11 is 5.72. The number of amides is 1. The molecule has 2 aromatic heterocycles. The van der Waals surface area contributed by atoms with Gasteiger partial charge in [-0.1, -0.05) is 29.8 Å². The number of rotatable bonds is 5. The SMILES string of the molecule is COC(=O)c1ccccc1Cn1cc(NC(=O)c2c(Cl)c(C(F)(F)F)nn2C)cn1. The summed E-state index contributed by atoms with van der Waals surface area (Å²) < 4.78 is 45.7. The standard InChI is InChI=1S/C18H15ClF3N5O3/c1-26-14(13(19)15(25-26)18(20,21)22)16(28)24-11-7-23-27(9-11)8-10-5-3-4-6-12(10)17(29)30-2/h3-7,9H,8H2,1-2H3,(H,24,28). The Kier molecular flexibility index (Phi) is 5.83. The highest BCUT2D eigenvalue weighted by Crippen LogP contribution is 2.35. The van der Waals surface area contributed by atoms with Crippen molar-refractivity contribution in [3.05, 3.63) is 64.2 Å². The summed E-state index contributed by atoms with van der Waals surface area (Å²) in [5.74, 6) is -1.38. The van der Waals surface area contributed by atoms with Crippen molar-refractivity contribution in [2.24, 2.45) is 7.05 Å². The molecule has 0 unspecified atom stereocenters. The zero-order valence-corrected chi connectivity index (χ0v) is 16.5. The van der Waals surface area contributed by atoms with E-state index in [2.05, 4.69) is 15.5 Å². The van der Waals surface area contributed by atoms with Gasteiger partial charge in [-0.2, -0.15) is 23.4 Å². The van der Waals surface area contributed by atoms with Gasteiger partial charge < -0.3 is 10.1 Å². The molecule has 1 aromatic carbocycles. The molecule has 0 aliphatic carbocycles. The van der Waals surface area contributed by atoms with Crippen LogP contribution in [0.3, 0.4) is 0 Å². The number of nitrogens with one attached hydrogen (secondary N) is 1. The third-order valence-electron chi connectivity index (χ3n) is 4.12. The lowest BCUT2D eigenvalue weighted by Crippen LogP contribution is -2.16. The predicted molar refractivity (Wildman–Crippen MR) is 100 cm³/mol. The minimum absolute atomic E-state index is 0.200. The van der Waals surface area contributed by atoms with E-state index in [0.717, 1.165) is 4.68 Å². The Balaban J connectivity index is 1.78. The molecule has 0 atom stereocenters. The summed E-state index contributed by atoms with van der Waals surface area (Å²) in [6.45, 7) is 0.200. The van der Waals surface area contributed by atoms with Crippen LogP contribution in [0.5, 0.6) is 0 Å². The molecular weight excluding hydrogens is 427 g/mol. The van der Waals surface area contributed by atoms with Crippen LogP contribution < -0.4 is 5.32 Å². The van der Waals surface area contributed by atoms with Crippen LogP contribution >= 0.6 is 11.6 Å². The molecule has 8 nitrogen and oxygen atoms in total. The van der Waals surface area contributed by atoms with Crippen LogP contribution in [0.1, 0.15) is 32.1 Å². The fraction of sp³-hybridized carbons (Fsp3) is 0.222. The maximum absolute atomic E-state index is 12.9. The molecule has 0 aliphatic rings. The van der Waals surface area contributed by atoms with Gasteiger partial charge in [0.05, 0.1) is 31.1 Å². The summed E-state index contributed by atoms with van der Waals surface area (Å²) in [6.07, 6.45) is -2.01. The first kappa shape index (κ1) is 21.4. The van der Waals surface area contributed by atoms with Gasteiger partial charge >= 0.3 is 12.1 Å². The molecule has 1 N–H and O–H groups in total. The zero-order valence-electron chi connectivity index (χ0n) is 15.7. The average Bonchev–Trinajstić information content (AvgIpc) is 3.24. The number of ether oxygens (including phenoxy) is 1. The molecule has 12 heteroatoms. The van der Waals surface area contributed by atoms with E-state index in [0.29, 0.717) is 11.1 Å². The second-order valence-electron chi connectivity index (χ2n) is 6.16. The molecule has 1 amide bonds. The molecule has 0 spiro atoms. The van der Waals surface area contributed by atoms with Crippen LogP contribution in [0.2, 0.25) is 5.02 Å². The van der Waals surface area contributed by atoms with Crippen molar-refractivity contribution in [2.75, 3.05) is 12.4 Å². The monoisotopic (exact) mass is 441 g/mol. The number of aryl methyl sites for hydroxylation is 1. The van der Waals surface area contributed by atoms with Gasteiger partial charge in [0.2, 0.25) is 0 Å². The topological polar surface area (TPSA) is 91.0 Å². The molecular formula is C18H15ClF3N5O3. The van der Waals surface area contributed by atoms with Crippen molar-refractivity contribution in [1.82, 2.24) is 19.6 Å². The van der Waals surface area contributed by atoms with E-state index in [1.54, 1.807) is 24.3 Å². The van der Waals surface area contributed by atoms with Gasteiger partial charge in [-0.05, 0) is 11.6 Å². The molecule has 3 rings (SSSR count). The number of anilines is 1. The largest absolute Gasteiger partial charge is 0.465 e. The Labute approximate surface area is 173 Å². The highest BCUT2D eigenvalue weighted by molar-refractivity contribution is 6.34. The number of hydrogen-bond acceptors (Lipinski definition) is 5. The minimum atomic E-state index is -4.79.